The van der Waals surface area contributed by atoms with Crippen LogP contribution in [0.4, 0.5) is 11.4 Å². The fourth-order valence-corrected chi connectivity index (χ4v) is 6.49. The van der Waals surface area contributed by atoms with Gasteiger partial charge in [-0.3, -0.25) is 13.9 Å². The number of fused-ring (bicyclic) bond motifs is 1. The number of likely N-dealkylation sites (N-methyl/N-ethyl adjacent to an activating group) is 1. The third-order valence-corrected chi connectivity index (χ3v) is 9.01. The molecule has 1 heterocycles. The van der Waals surface area contributed by atoms with Crippen molar-refractivity contribution < 1.29 is 22.7 Å². The molecule has 0 fully saturated rings. The Morgan fingerprint density at radius 3 is 2.37 bits per heavy atom. The number of amides is 2. The van der Waals surface area contributed by atoms with Gasteiger partial charge < -0.3 is 15.0 Å². The van der Waals surface area contributed by atoms with Gasteiger partial charge >= 0.3 is 0 Å². The highest BCUT2D eigenvalue weighted by atomic mass is 32.2. The second-order valence-electron chi connectivity index (χ2n) is 9.79. The summed E-state index contributed by atoms with van der Waals surface area (Å²) in [4.78, 5) is 28.7. The lowest BCUT2D eigenvalue weighted by molar-refractivity contribution is -0.120. The Labute approximate surface area is 240 Å². The minimum Gasteiger partial charge on any atom is -0.497 e. The second kappa shape index (κ2) is 11.9. The van der Waals surface area contributed by atoms with Gasteiger partial charge in [0.2, 0.25) is 5.91 Å². The molecule has 1 N–H and O–H groups in total. The SMILES string of the molecule is COc1ccc(N(C)C(=O)[C@H](Cc2ccccc2)NC(=O)c2cccc(S(=O)(=O)N3CCc4ccccc43)c2)cc1. The summed E-state index contributed by atoms with van der Waals surface area (Å²) in [6.07, 6.45) is 0.884. The molecule has 0 saturated heterocycles. The Morgan fingerprint density at radius 2 is 1.63 bits per heavy atom. The molecule has 0 aliphatic carbocycles. The Morgan fingerprint density at radius 1 is 0.927 bits per heavy atom. The number of hydrogen-bond donors (Lipinski definition) is 1. The Bertz CT molecular complexity index is 1660. The van der Waals surface area contributed by atoms with Crippen LogP contribution in [0.5, 0.6) is 5.75 Å². The number of nitrogens with zero attached hydrogens (tertiary/aromatic N) is 2. The minimum absolute atomic E-state index is 0.0168. The maximum absolute atomic E-state index is 13.7. The third-order valence-electron chi connectivity index (χ3n) is 7.21. The van der Waals surface area contributed by atoms with Crippen molar-refractivity contribution in [1.29, 1.82) is 0 Å². The number of carbonyl (C=O) groups is 2. The maximum Gasteiger partial charge on any atom is 0.264 e. The number of benzene rings is 4. The Balaban J connectivity index is 1.39. The van der Waals surface area contributed by atoms with E-state index in [2.05, 4.69) is 5.32 Å². The predicted molar refractivity (Wildman–Crippen MR) is 159 cm³/mol. The lowest BCUT2D eigenvalue weighted by Gasteiger charge is -2.25. The summed E-state index contributed by atoms with van der Waals surface area (Å²) in [5.74, 6) is -0.193. The highest BCUT2D eigenvalue weighted by molar-refractivity contribution is 7.92. The van der Waals surface area contributed by atoms with Crippen molar-refractivity contribution in [2.45, 2.75) is 23.8 Å². The van der Waals surface area contributed by atoms with Crippen LogP contribution in [0.2, 0.25) is 0 Å². The van der Waals surface area contributed by atoms with Crippen LogP contribution in [-0.4, -0.2) is 47.0 Å². The van der Waals surface area contributed by atoms with E-state index in [0.717, 1.165) is 11.1 Å². The molecule has 4 aromatic rings. The van der Waals surface area contributed by atoms with Crippen molar-refractivity contribution in [2.24, 2.45) is 0 Å². The smallest absolute Gasteiger partial charge is 0.264 e. The van der Waals surface area contributed by atoms with Crippen molar-refractivity contribution in [2.75, 3.05) is 29.9 Å². The molecule has 0 saturated carbocycles. The highest BCUT2D eigenvalue weighted by Crippen LogP contribution is 2.32. The maximum atomic E-state index is 13.7. The zero-order chi connectivity index (χ0) is 29.0. The van der Waals surface area contributed by atoms with Crippen LogP contribution in [0, 0.1) is 0 Å². The van der Waals surface area contributed by atoms with Crippen molar-refractivity contribution in [3.63, 3.8) is 0 Å². The average Bonchev–Trinajstić information content (AvgIpc) is 3.46. The van der Waals surface area contributed by atoms with Gasteiger partial charge in [-0.15, -0.1) is 0 Å². The number of nitrogens with one attached hydrogen (secondary N) is 1. The summed E-state index contributed by atoms with van der Waals surface area (Å²) in [5, 5.41) is 2.86. The van der Waals surface area contributed by atoms with Gasteiger partial charge in [-0.05, 0) is 66.1 Å². The first-order chi connectivity index (χ1) is 19.8. The molecule has 9 heteroatoms. The summed E-state index contributed by atoms with van der Waals surface area (Å²) < 4.78 is 33.7. The molecular formula is C32H31N3O5S. The second-order valence-corrected chi connectivity index (χ2v) is 11.7. The molecule has 1 aliphatic rings. The van der Waals surface area contributed by atoms with Gasteiger partial charge in [0.05, 0.1) is 17.7 Å². The first kappa shape index (κ1) is 27.9. The monoisotopic (exact) mass is 569 g/mol. The zero-order valence-electron chi connectivity index (χ0n) is 22.9. The topological polar surface area (TPSA) is 96.0 Å². The first-order valence-corrected chi connectivity index (χ1v) is 14.7. The minimum atomic E-state index is -3.89. The Hall–Kier alpha value is -4.63. The number of rotatable bonds is 9. The molecule has 1 aliphatic heterocycles. The summed E-state index contributed by atoms with van der Waals surface area (Å²) in [7, 11) is -0.672. The zero-order valence-corrected chi connectivity index (χ0v) is 23.7. The molecule has 8 nitrogen and oxygen atoms in total. The molecule has 1 atom stereocenters. The predicted octanol–water partition coefficient (Wildman–Crippen LogP) is 4.45. The van der Waals surface area contributed by atoms with Crippen molar-refractivity contribution in [3.05, 3.63) is 120 Å². The number of anilines is 2. The van der Waals surface area contributed by atoms with E-state index in [1.165, 1.54) is 21.3 Å². The third kappa shape index (κ3) is 5.95. The lowest BCUT2D eigenvalue weighted by Crippen LogP contribution is -2.48. The van der Waals surface area contributed by atoms with E-state index in [-0.39, 0.29) is 22.8 Å². The fraction of sp³-hybridized carbons (Fsp3) is 0.188. The molecule has 0 spiro atoms. The number of para-hydroxylation sites is 1. The highest BCUT2D eigenvalue weighted by Gasteiger charge is 2.31. The molecule has 2 amide bonds. The molecule has 4 aromatic carbocycles. The van der Waals surface area contributed by atoms with Gasteiger partial charge in [-0.2, -0.15) is 0 Å². The summed E-state index contributed by atoms with van der Waals surface area (Å²) in [6.45, 7) is 0.337. The summed E-state index contributed by atoms with van der Waals surface area (Å²) in [5.41, 5.74) is 3.28. The van der Waals surface area contributed by atoms with E-state index >= 15 is 0 Å². The normalized spacial score (nSPS) is 13.3. The van der Waals surface area contributed by atoms with E-state index in [1.807, 2.05) is 48.5 Å². The number of carbonyl (C=O) groups excluding carboxylic acids is 2. The number of hydrogen-bond acceptors (Lipinski definition) is 5. The molecular weight excluding hydrogens is 538 g/mol. The van der Waals surface area contributed by atoms with Gasteiger partial charge in [0.25, 0.3) is 15.9 Å². The molecule has 0 unspecified atom stereocenters. The van der Waals surface area contributed by atoms with E-state index in [4.69, 9.17) is 4.74 Å². The summed E-state index contributed by atoms with van der Waals surface area (Å²) >= 11 is 0. The van der Waals surface area contributed by atoms with Gasteiger partial charge in [0, 0.05) is 31.3 Å². The average molecular weight is 570 g/mol. The van der Waals surface area contributed by atoms with Crippen LogP contribution < -0.4 is 19.3 Å². The lowest BCUT2D eigenvalue weighted by atomic mass is 10.0. The van der Waals surface area contributed by atoms with Crippen LogP contribution in [-0.2, 0) is 27.7 Å². The molecule has 5 rings (SSSR count). The van der Waals surface area contributed by atoms with Gasteiger partial charge in [0.1, 0.15) is 11.8 Å². The standard InChI is InChI=1S/C32H31N3O5S/c1-34(26-15-17-27(40-2)18-16-26)32(37)29(21-23-9-4-3-5-10-23)33-31(36)25-12-8-13-28(22-25)41(38,39)35-20-19-24-11-6-7-14-30(24)35/h3-18,22,29H,19-21H2,1-2H3,(H,33,36)/t29-/m0/s1. The largest absolute Gasteiger partial charge is 0.497 e. The van der Waals surface area contributed by atoms with Crippen LogP contribution in [0.25, 0.3) is 0 Å². The Kier molecular flexibility index (Phi) is 8.07. The number of methoxy groups -OCH3 is 1. The van der Waals surface area contributed by atoms with Crippen LogP contribution in [0.3, 0.4) is 0 Å². The van der Waals surface area contributed by atoms with Crippen LogP contribution in [0.15, 0.2) is 108 Å². The molecule has 0 radical (unpaired) electrons. The molecule has 0 bridgehead atoms. The number of ether oxygens (including phenoxy) is 1. The van der Waals surface area contributed by atoms with E-state index in [1.54, 1.807) is 56.6 Å². The van der Waals surface area contributed by atoms with Crippen molar-refractivity contribution in [1.82, 2.24) is 5.32 Å². The summed E-state index contributed by atoms with van der Waals surface area (Å²) in [6, 6.07) is 28.9. The molecule has 210 valence electrons. The quantitative estimate of drug-likeness (QED) is 0.321. The molecule has 41 heavy (non-hydrogen) atoms. The van der Waals surface area contributed by atoms with Crippen LogP contribution >= 0.6 is 0 Å². The van der Waals surface area contributed by atoms with Crippen LogP contribution in [0.1, 0.15) is 21.5 Å². The van der Waals surface area contributed by atoms with Gasteiger partial charge in [-0.1, -0.05) is 54.6 Å². The number of sulfonamides is 1. The van der Waals surface area contributed by atoms with E-state index in [0.29, 0.717) is 30.1 Å². The molecule has 0 aromatic heterocycles. The van der Waals surface area contributed by atoms with Crippen molar-refractivity contribution in [3.8, 4) is 5.75 Å². The first-order valence-electron chi connectivity index (χ1n) is 13.2. The van der Waals surface area contributed by atoms with Crippen molar-refractivity contribution >= 4 is 33.2 Å². The van der Waals surface area contributed by atoms with Gasteiger partial charge in [0.15, 0.2) is 0 Å². The van der Waals surface area contributed by atoms with E-state index in [9.17, 15) is 18.0 Å². The van der Waals surface area contributed by atoms with E-state index < -0.39 is 22.0 Å². The fourth-order valence-electron chi connectivity index (χ4n) is 4.94. The van der Waals surface area contributed by atoms with Gasteiger partial charge in [-0.25, -0.2) is 8.42 Å².